The van der Waals surface area contributed by atoms with Crippen LogP contribution in [0.5, 0.6) is 5.75 Å². The van der Waals surface area contributed by atoms with Gasteiger partial charge in [-0.2, -0.15) is 0 Å². The summed E-state index contributed by atoms with van der Waals surface area (Å²) >= 11 is 6.09. The Kier molecular flexibility index (Phi) is 4.90. The lowest BCUT2D eigenvalue weighted by molar-refractivity contribution is 0.140. The van der Waals surface area contributed by atoms with E-state index in [2.05, 4.69) is 19.2 Å². The Hall–Kier alpha value is -0.730. The molecule has 0 aliphatic carbocycles. The lowest BCUT2D eigenvalue weighted by Crippen LogP contribution is -2.33. The molecular formula is C15H22ClNO. The summed E-state index contributed by atoms with van der Waals surface area (Å²) in [6.45, 7) is 5.43. The van der Waals surface area contributed by atoms with Gasteiger partial charge in [0.25, 0.3) is 0 Å². The van der Waals surface area contributed by atoms with Crippen LogP contribution in [-0.2, 0) is 0 Å². The average Bonchev–Trinajstić information content (AvgIpc) is 2.37. The third-order valence-electron chi connectivity index (χ3n) is 3.39. The Morgan fingerprint density at radius 3 is 2.89 bits per heavy atom. The number of hydrogen-bond donors (Lipinski definition) is 1. The summed E-state index contributed by atoms with van der Waals surface area (Å²) in [4.78, 5) is 0. The minimum Gasteiger partial charge on any atom is -0.490 e. The average molecular weight is 268 g/mol. The molecule has 0 saturated carbocycles. The molecule has 2 nitrogen and oxygen atoms in total. The quantitative estimate of drug-likeness (QED) is 0.857. The SMILES string of the molecule is CCCNC1CC(CCC)Oc2ccc(Cl)cc21. The fourth-order valence-electron chi connectivity index (χ4n) is 2.53. The van der Waals surface area contributed by atoms with Gasteiger partial charge in [-0.25, -0.2) is 0 Å². The van der Waals surface area contributed by atoms with Gasteiger partial charge >= 0.3 is 0 Å². The second-order valence-corrected chi connectivity index (χ2v) is 5.39. The number of halogens is 1. The molecule has 0 radical (unpaired) electrons. The minimum atomic E-state index is 0.332. The minimum absolute atomic E-state index is 0.332. The van der Waals surface area contributed by atoms with Gasteiger partial charge in [0, 0.05) is 23.0 Å². The topological polar surface area (TPSA) is 21.3 Å². The van der Waals surface area contributed by atoms with Crippen molar-refractivity contribution in [3.8, 4) is 5.75 Å². The Balaban J connectivity index is 2.20. The zero-order chi connectivity index (χ0) is 13.0. The molecule has 0 fully saturated rings. The number of benzene rings is 1. The molecule has 2 unspecified atom stereocenters. The summed E-state index contributed by atoms with van der Waals surface area (Å²) in [7, 11) is 0. The van der Waals surface area contributed by atoms with Gasteiger partial charge in [-0.15, -0.1) is 0 Å². The molecule has 1 aliphatic rings. The van der Waals surface area contributed by atoms with Crippen molar-refractivity contribution in [2.24, 2.45) is 0 Å². The highest BCUT2D eigenvalue weighted by molar-refractivity contribution is 6.30. The number of ether oxygens (including phenoxy) is 1. The third-order valence-corrected chi connectivity index (χ3v) is 3.63. The van der Waals surface area contributed by atoms with Crippen LogP contribution in [0.3, 0.4) is 0 Å². The van der Waals surface area contributed by atoms with Gasteiger partial charge in [0.2, 0.25) is 0 Å². The van der Waals surface area contributed by atoms with Gasteiger partial charge in [-0.05, 0) is 37.6 Å². The third kappa shape index (κ3) is 3.18. The predicted octanol–water partition coefficient (Wildman–Crippen LogP) is 4.33. The van der Waals surface area contributed by atoms with Crippen LogP contribution in [0.1, 0.15) is 51.1 Å². The first-order chi connectivity index (χ1) is 8.74. The normalized spacial score (nSPS) is 22.4. The fourth-order valence-corrected chi connectivity index (χ4v) is 2.71. The summed E-state index contributed by atoms with van der Waals surface area (Å²) in [5.41, 5.74) is 1.21. The molecule has 0 saturated heterocycles. The van der Waals surface area contributed by atoms with Crippen molar-refractivity contribution in [3.05, 3.63) is 28.8 Å². The Labute approximate surface area is 115 Å². The summed E-state index contributed by atoms with van der Waals surface area (Å²) < 4.78 is 6.04. The lowest BCUT2D eigenvalue weighted by atomic mass is 9.94. The Morgan fingerprint density at radius 2 is 2.17 bits per heavy atom. The second-order valence-electron chi connectivity index (χ2n) is 4.95. The van der Waals surface area contributed by atoms with Crippen molar-refractivity contribution in [3.63, 3.8) is 0 Å². The standard InChI is InChI=1S/C15H22ClNO/c1-3-5-12-10-14(17-8-4-2)13-9-11(16)6-7-15(13)18-12/h6-7,9,12,14,17H,3-5,8,10H2,1-2H3. The van der Waals surface area contributed by atoms with E-state index in [1.807, 2.05) is 18.2 Å². The van der Waals surface area contributed by atoms with Crippen molar-refractivity contribution < 1.29 is 4.74 Å². The molecule has 1 N–H and O–H groups in total. The van der Waals surface area contributed by atoms with Crippen LogP contribution in [0, 0.1) is 0 Å². The monoisotopic (exact) mass is 267 g/mol. The zero-order valence-electron chi connectivity index (χ0n) is 11.2. The lowest BCUT2D eigenvalue weighted by Gasteiger charge is -2.33. The summed E-state index contributed by atoms with van der Waals surface area (Å²) in [6, 6.07) is 6.32. The first-order valence-electron chi connectivity index (χ1n) is 6.94. The zero-order valence-corrected chi connectivity index (χ0v) is 12.0. The van der Waals surface area contributed by atoms with E-state index in [-0.39, 0.29) is 0 Å². The smallest absolute Gasteiger partial charge is 0.124 e. The highest BCUT2D eigenvalue weighted by Gasteiger charge is 2.27. The molecule has 100 valence electrons. The molecule has 1 heterocycles. The van der Waals surface area contributed by atoms with Gasteiger partial charge in [0.1, 0.15) is 11.9 Å². The van der Waals surface area contributed by atoms with Crippen LogP contribution in [-0.4, -0.2) is 12.6 Å². The fraction of sp³-hybridized carbons (Fsp3) is 0.600. The number of fused-ring (bicyclic) bond motifs is 1. The molecule has 0 spiro atoms. The first-order valence-corrected chi connectivity index (χ1v) is 7.31. The maximum Gasteiger partial charge on any atom is 0.124 e. The number of hydrogen-bond acceptors (Lipinski definition) is 2. The van der Waals surface area contributed by atoms with E-state index in [1.165, 1.54) is 5.56 Å². The highest BCUT2D eigenvalue weighted by atomic mass is 35.5. The molecule has 2 rings (SSSR count). The van der Waals surface area contributed by atoms with Gasteiger partial charge in [0.15, 0.2) is 0 Å². The van der Waals surface area contributed by atoms with Crippen molar-refractivity contribution >= 4 is 11.6 Å². The van der Waals surface area contributed by atoms with Crippen LogP contribution in [0.15, 0.2) is 18.2 Å². The summed E-state index contributed by atoms with van der Waals surface area (Å²) in [6.07, 6.45) is 4.80. The van der Waals surface area contributed by atoms with Crippen LogP contribution in [0.2, 0.25) is 5.02 Å². The van der Waals surface area contributed by atoms with E-state index >= 15 is 0 Å². The maximum absolute atomic E-state index is 6.09. The van der Waals surface area contributed by atoms with Gasteiger partial charge in [0.05, 0.1) is 0 Å². The Morgan fingerprint density at radius 1 is 1.33 bits per heavy atom. The predicted molar refractivity (Wildman–Crippen MR) is 76.4 cm³/mol. The van der Waals surface area contributed by atoms with E-state index in [0.717, 1.165) is 43.0 Å². The van der Waals surface area contributed by atoms with Crippen LogP contribution < -0.4 is 10.1 Å². The Bertz CT molecular complexity index is 394. The van der Waals surface area contributed by atoms with Crippen LogP contribution in [0.4, 0.5) is 0 Å². The van der Waals surface area contributed by atoms with Crippen molar-refractivity contribution in [1.82, 2.24) is 5.32 Å². The first kappa shape index (κ1) is 13.7. The van der Waals surface area contributed by atoms with Crippen molar-refractivity contribution in [1.29, 1.82) is 0 Å². The molecule has 0 bridgehead atoms. The van der Waals surface area contributed by atoms with Crippen molar-refractivity contribution in [2.45, 2.75) is 51.7 Å². The molecule has 0 aromatic heterocycles. The number of rotatable bonds is 5. The van der Waals surface area contributed by atoms with E-state index in [9.17, 15) is 0 Å². The van der Waals surface area contributed by atoms with Gasteiger partial charge < -0.3 is 10.1 Å². The summed E-state index contributed by atoms with van der Waals surface area (Å²) in [5.74, 6) is 0.998. The molecular weight excluding hydrogens is 246 g/mol. The van der Waals surface area contributed by atoms with E-state index in [0.29, 0.717) is 12.1 Å². The molecule has 1 aromatic carbocycles. The van der Waals surface area contributed by atoms with Gasteiger partial charge in [-0.1, -0.05) is 31.9 Å². The summed E-state index contributed by atoms with van der Waals surface area (Å²) in [5, 5.41) is 4.39. The molecule has 3 heteroatoms. The molecule has 1 aliphatic heterocycles. The van der Waals surface area contributed by atoms with Crippen LogP contribution >= 0.6 is 11.6 Å². The van der Waals surface area contributed by atoms with E-state index in [1.54, 1.807) is 0 Å². The van der Waals surface area contributed by atoms with Crippen LogP contribution in [0.25, 0.3) is 0 Å². The van der Waals surface area contributed by atoms with E-state index in [4.69, 9.17) is 16.3 Å². The second kappa shape index (κ2) is 6.44. The molecule has 2 atom stereocenters. The highest BCUT2D eigenvalue weighted by Crippen LogP contribution is 2.37. The largest absolute Gasteiger partial charge is 0.490 e. The number of nitrogens with one attached hydrogen (secondary N) is 1. The van der Waals surface area contributed by atoms with Gasteiger partial charge in [-0.3, -0.25) is 0 Å². The molecule has 1 aromatic rings. The maximum atomic E-state index is 6.09. The molecule has 18 heavy (non-hydrogen) atoms. The van der Waals surface area contributed by atoms with E-state index < -0.39 is 0 Å². The molecule has 0 amide bonds. The van der Waals surface area contributed by atoms with Crippen molar-refractivity contribution in [2.75, 3.05) is 6.54 Å².